The SMILES string of the molecule is COCC1(N)CCOC1C. The van der Waals surface area contributed by atoms with Crippen LogP contribution in [0.15, 0.2) is 0 Å². The van der Waals surface area contributed by atoms with E-state index in [0.29, 0.717) is 6.61 Å². The van der Waals surface area contributed by atoms with Crippen molar-refractivity contribution in [3.05, 3.63) is 0 Å². The van der Waals surface area contributed by atoms with Crippen molar-refractivity contribution in [2.45, 2.75) is 25.0 Å². The molecule has 2 N–H and O–H groups in total. The molecule has 1 fully saturated rings. The van der Waals surface area contributed by atoms with E-state index in [1.54, 1.807) is 7.11 Å². The minimum Gasteiger partial charge on any atom is -0.383 e. The Hall–Kier alpha value is -0.120. The molecule has 0 radical (unpaired) electrons. The Kier molecular flexibility index (Phi) is 2.28. The van der Waals surface area contributed by atoms with Crippen molar-refractivity contribution in [1.82, 2.24) is 0 Å². The molecule has 0 aromatic carbocycles. The van der Waals surface area contributed by atoms with E-state index in [9.17, 15) is 0 Å². The van der Waals surface area contributed by atoms with Crippen molar-refractivity contribution >= 4 is 0 Å². The lowest BCUT2D eigenvalue weighted by Gasteiger charge is -2.25. The zero-order valence-corrected chi connectivity index (χ0v) is 6.59. The van der Waals surface area contributed by atoms with Gasteiger partial charge in [0.15, 0.2) is 0 Å². The molecule has 2 atom stereocenters. The van der Waals surface area contributed by atoms with Crippen LogP contribution in [0.25, 0.3) is 0 Å². The van der Waals surface area contributed by atoms with Gasteiger partial charge in [-0.2, -0.15) is 0 Å². The molecule has 1 aliphatic rings. The van der Waals surface area contributed by atoms with E-state index in [4.69, 9.17) is 15.2 Å². The van der Waals surface area contributed by atoms with Gasteiger partial charge in [-0.1, -0.05) is 0 Å². The summed E-state index contributed by atoms with van der Waals surface area (Å²) < 4.78 is 10.3. The molecule has 2 unspecified atom stereocenters. The summed E-state index contributed by atoms with van der Waals surface area (Å²) in [5, 5.41) is 0. The standard InChI is InChI=1S/C7H15NO2/c1-6-7(8,5-9-2)3-4-10-6/h6H,3-5,8H2,1-2H3. The third kappa shape index (κ3) is 1.31. The highest BCUT2D eigenvalue weighted by atomic mass is 16.5. The molecule has 1 rings (SSSR count). The summed E-state index contributed by atoms with van der Waals surface area (Å²) in [5.74, 6) is 0. The first-order valence-electron chi connectivity index (χ1n) is 3.58. The zero-order valence-electron chi connectivity index (χ0n) is 6.59. The first-order chi connectivity index (χ1) is 4.69. The van der Waals surface area contributed by atoms with Crippen LogP contribution in [-0.2, 0) is 9.47 Å². The number of rotatable bonds is 2. The lowest BCUT2D eigenvalue weighted by Crippen LogP contribution is -2.49. The van der Waals surface area contributed by atoms with Gasteiger partial charge in [0.1, 0.15) is 0 Å². The Morgan fingerprint density at radius 3 is 2.90 bits per heavy atom. The van der Waals surface area contributed by atoms with Crippen LogP contribution in [0.5, 0.6) is 0 Å². The summed E-state index contributed by atoms with van der Waals surface area (Å²) in [6, 6.07) is 0. The van der Waals surface area contributed by atoms with E-state index >= 15 is 0 Å². The van der Waals surface area contributed by atoms with Crippen molar-refractivity contribution in [2.24, 2.45) is 5.73 Å². The second-order valence-electron chi connectivity index (χ2n) is 2.93. The molecule has 0 aromatic rings. The van der Waals surface area contributed by atoms with Gasteiger partial charge >= 0.3 is 0 Å². The maximum absolute atomic E-state index is 5.96. The molecule has 10 heavy (non-hydrogen) atoms. The fourth-order valence-corrected chi connectivity index (χ4v) is 1.25. The van der Waals surface area contributed by atoms with Crippen molar-refractivity contribution in [1.29, 1.82) is 0 Å². The second kappa shape index (κ2) is 2.86. The average Bonchev–Trinajstić information content (AvgIpc) is 2.15. The summed E-state index contributed by atoms with van der Waals surface area (Å²) in [6.07, 6.45) is 1.04. The maximum atomic E-state index is 5.96. The monoisotopic (exact) mass is 145 g/mol. The summed E-state index contributed by atoms with van der Waals surface area (Å²) in [7, 11) is 1.67. The van der Waals surface area contributed by atoms with Crippen LogP contribution >= 0.6 is 0 Å². The highest BCUT2D eigenvalue weighted by Crippen LogP contribution is 2.22. The third-order valence-corrected chi connectivity index (χ3v) is 2.16. The number of ether oxygens (including phenoxy) is 2. The minimum atomic E-state index is -0.241. The zero-order chi connectivity index (χ0) is 7.61. The Bertz CT molecular complexity index is 118. The number of nitrogens with two attached hydrogens (primary N) is 1. The molecule has 60 valence electrons. The Balaban J connectivity index is 2.48. The van der Waals surface area contributed by atoms with Crippen molar-refractivity contribution < 1.29 is 9.47 Å². The van der Waals surface area contributed by atoms with Crippen molar-refractivity contribution in [3.8, 4) is 0 Å². The molecule has 1 heterocycles. The molecular formula is C7H15NO2. The maximum Gasteiger partial charge on any atom is 0.0749 e. The van der Waals surface area contributed by atoms with E-state index in [-0.39, 0.29) is 11.6 Å². The largest absolute Gasteiger partial charge is 0.383 e. The second-order valence-corrected chi connectivity index (χ2v) is 2.93. The summed E-state index contributed by atoms with van der Waals surface area (Å²) >= 11 is 0. The quantitative estimate of drug-likeness (QED) is 0.601. The summed E-state index contributed by atoms with van der Waals surface area (Å²) in [5.41, 5.74) is 5.72. The normalized spacial score (nSPS) is 40.5. The number of hydrogen-bond donors (Lipinski definition) is 1. The third-order valence-electron chi connectivity index (χ3n) is 2.16. The van der Waals surface area contributed by atoms with Crippen molar-refractivity contribution in [3.63, 3.8) is 0 Å². The number of methoxy groups -OCH3 is 1. The minimum absolute atomic E-state index is 0.132. The van der Waals surface area contributed by atoms with Gasteiger partial charge in [0.2, 0.25) is 0 Å². The molecule has 0 aromatic heterocycles. The van der Waals surface area contributed by atoms with E-state index in [2.05, 4.69) is 0 Å². The van der Waals surface area contributed by atoms with Crippen LogP contribution in [-0.4, -0.2) is 32.0 Å². The number of hydrogen-bond acceptors (Lipinski definition) is 3. The van der Waals surface area contributed by atoms with Crippen molar-refractivity contribution in [2.75, 3.05) is 20.3 Å². The summed E-state index contributed by atoms with van der Waals surface area (Å²) in [6.45, 7) is 3.35. The molecule has 3 nitrogen and oxygen atoms in total. The van der Waals surface area contributed by atoms with Gasteiger partial charge < -0.3 is 15.2 Å². The van der Waals surface area contributed by atoms with Crippen LogP contribution in [0.1, 0.15) is 13.3 Å². The molecule has 1 aliphatic heterocycles. The topological polar surface area (TPSA) is 44.5 Å². The highest BCUT2D eigenvalue weighted by molar-refractivity contribution is 4.94. The highest BCUT2D eigenvalue weighted by Gasteiger charge is 2.37. The van der Waals surface area contributed by atoms with E-state index < -0.39 is 0 Å². The lowest BCUT2D eigenvalue weighted by atomic mass is 9.95. The van der Waals surface area contributed by atoms with Crippen LogP contribution in [0, 0.1) is 0 Å². The molecule has 1 saturated heterocycles. The van der Waals surface area contributed by atoms with Gasteiger partial charge in [-0.25, -0.2) is 0 Å². The van der Waals surface area contributed by atoms with E-state index in [1.807, 2.05) is 6.92 Å². The van der Waals surface area contributed by atoms with Crippen LogP contribution < -0.4 is 5.73 Å². The Morgan fingerprint density at radius 1 is 1.80 bits per heavy atom. The molecule has 0 spiro atoms. The molecule has 3 heteroatoms. The average molecular weight is 145 g/mol. The van der Waals surface area contributed by atoms with Gasteiger partial charge in [0.05, 0.1) is 18.2 Å². The van der Waals surface area contributed by atoms with Gasteiger partial charge in [0, 0.05) is 13.7 Å². The molecule has 0 bridgehead atoms. The van der Waals surface area contributed by atoms with Gasteiger partial charge in [-0.05, 0) is 13.3 Å². The molecular weight excluding hydrogens is 130 g/mol. The first kappa shape index (κ1) is 7.98. The van der Waals surface area contributed by atoms with E-state index in [1.165, 1.54) is 0 Å². The van der Waals surface area contributed by atoms with Gasteiger partial charge in [0.25, 0.3) is 0 Å². The van der Waals surface area contributed by atoms with Gasteiger partial charge in [-0.3, -0.25) is 0 Å². The Morgan fingerprint density at radius 2 is 2.50 bits per heavy atom. The fraction of sp³-hybridized carbons (Fsp3) is 1.00. The molecule has 0 aliphatic carbocycles. The fourth-order valence-electron chi connectivity index (χ4n) is 1.25. The first-order valence-corrected chi connectivity index (χ1v) is 3.58. The molecule has 0 amide bonds. The van der Waals surface area contributed by atoms with Gasteiger partial charge in [-0.15, -0.1) is 0 Å². The predicted molar refractivity (Wildman–Crippen MR) is 38.8 cm³/mol. The van der Waals surface area contributed by atoms with Crippen LogP contribution in [0.4, 0.5) is 0 Å². The molecule has 0 saturated carbocycles. The van der Waals surface area contributed by atoms with Crippen LogP contribution in [0.2, 0.25) is 0 Å². The summed E-state index contributed by atoms with van der Waals surface area (Å²) in [4.78, 5) is 0. The smallest absolute Gasteiger partial charge is 0.0749 e. The van der Waals surface area contributed by atoms with E-state index in [0.717, 1.165) is 13.0 Å². The predicted octanol–water partition coefficient (Wildman–Crippen LogP) is 0.139. The Labute approximate surface area is 61.5 Å². The lowest BCUT2D eigenvalue weighted by molar-refractivity contribution is 0.0560. The van der Waals surface area contributed by atoms with Crippen LogP contribution in [0.3, 0.4) is 0 Å².